The van der Waals surface area contributed by atoms with Crippen LogP contribution in [0.5, 0.6) is 0 Å². The van der Waals surface area contributed by atoms with Crippen LogP contribution >= 0.6 is 15.9 Å². The van der Waals surface area contributed by atoms with Crippen LogP contribution in [0.25, 0.3) is 17.4 Å². The summed E-state index contributed by atoms with van der Waals surface area (Å²) in [6.07, 6.45) is 1.35. The monoisotopic (exact) mass is 331 g/mol. The van der Waals surface area contributed by atoms with E-state index in [0.29, 0.717) is 11.5 Å². The van der Waals surface area contributed by atoms with E-state index in [0.717, 1.165) is 10.0 Å². The molecule has 0 atom stereocenters. The van der Waals surface area contributed by atoms with E-state index < -0.39 is 5.97 Å². The highest BCUT2D eigenvalue weighted by Gasteiger charge is 2.10. The predicted molar refractivity (Wildman–Crippen MR) is 77.5 cm³/mol. The third-order valence-corrected chi connectivity index (χ3v) is 3.04. The molecule has 5 heteroatoms. The molecule has 0 saturated heterocycles. The fraction of sp³-hybridized carbons (Fsp3) is 0.0667. The van der Waals surface area contributed by atoms with Gasteiger partial charge in [0.1, 0.15) is 23.2 Å². The van der Waals surface area contributed by atoms with Crippen LogP contribution in [0.1, 0.15) is 5.76 Å². The minimum atomic E-state index is -0.687. The highest BCUT2D eigenvalue weighted by Crippen LogP contribution is 2.25. The second-order valence-electron chi connectivity index (χ2n) is 3.87. The first-order valence-electron chi connectivity index (χ1n) is 5.70. The summed E-state index contributed by atoms with van der Waals surface area (Å²) in [7, 11) is 1.22. The van der Waals surface area contributed by atoms with E-state index in [-0.39, 0.29) is 5.57 Å². The van der Waals surface area contributed by atoms with Gasteiger partial charge in [-0.1, -0.05) is 28.1 Å². The Morgan fingerprint density at radius 3 is 2.85 bits per heavy atom. The van der Waals surface area contributed by atoms with Crippen molar-refractivity contribution >= 4 is 28.0 Å². The molecule has 100 valence electrons. The van der Waals surface area contributed by atoms with Crippen LogP contribution in [0, 0.1) is 11.3 Å². The molecule has 0 radical (unpaired) electrons. The minimum absolute atomic E-state index is 0.109. The first kappa shape index (κ1) is 14.1. The Bertz CT molecular complexity index is 710. The van der Waals surface area contributed by atoms with Crippen molar-refractivity contribution in [3.63, 3.8) is 0 Å². The molecule has 1 heterocycles. The molecule has 1 aromatic carbocycles. The average Bonchev–Trinajstić information content (AvgIpc) is 2.92. The summed E-state index contributed by atoms with van der Waals surface area (Å²) in [6, 6.07) is 12.9. The van der Waals surface area contributed by atoms with Gasteiger partial charge >= 0.3 is 5.97 Å². The van der Waals surface area contributed by atoms with Crippen molar-refractivity contribution in [3.05, 3.63) is 52.2 Å². The van der Waals surface area contributed by atoms with E-state index in [2.05, 4.69) is 20.7 Å². The van der Waals surface area contributed by atoms with Crippen molar-refractivity contribution in [2.45, 2.75) is 0 Å². The number of rotatable bonds is 3. The lowest BCUT2D eigenvalue weighted by Crippen LogP contribution is -2.02. The SMILES string of the molecule is COC(=O)/C(C#N)=C/c1ccc(-c2cccc(Br)c2)o1. The number of methoxy groups -OCH3 is 1. The van der Waals surface area contributed by atoms with Gasteiger partial charge in [-0.25, -0.2) is 4.79 Å². The lowest BCUT2D eigenvalue weighted by Gasteiger charge is -1.97. The zero-order valence-corrected chi connectivity index (χ0v) is 12.2. The smallest absolute Gasteiger partial charge is 0.348 e. The Morgan fingerprint density at radius 2 is 2.20 bits per heavy atom. The van der Waals surface area contributed by atoms with Crippen molar-refractivity contribution in [1.29, 1.82) is 5.26 Å². The molecule has 0 N–H and O–H groups in total. The number of nitrogens with zero attached hydrogens (tertiary/aromatic N) is 1. The summed E-state index contributed by atoms with van der Waals surface area (Å²) in [6.45, 7) is 0. The number of hydrogen-bond donors (Lipinski definition) is 0. The van der Waals surface area contributed by atoms with Crippen molar-refractivity contribution in [1.82, 2.24) is 0 Å². The van der Waals surface area contributed by atoms with Crippen LogP contribution in [0.3, 0.4) is 0 Å². The van der Waals surface area contributed by atoms with Crippen LogP contribution in [0.15, 0.2) is 50.9 Å². The molecular weight excluding hydrogens is 322 g/mol. The molecule has 0 aliphatic heterocycles. The summed E-state index contributed by atoms with van der Waals surface area (Å²) in [5.41, 5.74) is 0.790. The zero-order chi connectivity index (χ0) is 14.5. The zero-order valence-electron chi connectivity index (χ0n) is 10.6. The van der Waals surface area contributed by atoms with Crippen molar-refractivity contribution in [2.24, 2.45) is 0 Å². The Hall–Kier alpha value is -2.32. The van der Waals surface area contributed by atoms with E-state index in [1.807, 2.05) is 24.3 Å². The van der Waals surface area contributed by atoms with Crippen LogP contribution in [-0.4, -0.2) is 13.1 Å². The van der Waals surface area contributed by atoms with Crippen LogP contribution in [0.2, 0.25) is 0 Å². The third kappa shape index (κ3) is 3.16. The van der Waals surface area contributed by atoms with Crippen molar-refractivity contribution < 1.29 is 13.9 Å². The van der Waals surface area contributed by atoms with Crippen molar-refractivity contribution in [2.75, 3.05) is 7.11 Å². The van der Waals surface area contributed by atoms with Gasteiger partial charge < -0.3 is 9.15 Å². The van der Waals surface area contributed by atoms with E-state index in [4.69, 9.17) is 9.68 Å². The van der Waals surface area contributed by atoms with Gasteiger partial charge in [0, 0.05) is 16.1 Å². The van der Waals surface area contributed by atoms with Gasteiger partial charge in [-0.3, -0.25) is 0 Å². The summed E-state index contributed by atoms with van der Waals surface area (Å²) >= 11 is 3.39. The van der Waals surface area contributed by atoms with Gasteiger partial charge in [0.15, 0.2) is 0 Å². The Labute approximate surface area is 124 Å². The summed E-state index contributed by atoms with van der Waals surface area (Å²) in [4.78, 5) is 11.3. The van der Waals surface area contributed by atoms with E-state index in [1.54, 1.807) is 18.2 Å². The molecule has 20 heavy (non-hydrogen) atoms. The molecule has 0 unspecified atom stereocenters. The number of esters is 1. The van der Waals surface area contributed by atoms with Gasteiger partial charge in [-0.15, -0.1) is 0 Å². The minimum Gasteiger partial charge on any atom is -0.465 e. The fourth-order valence-corrected chi connectivity index (χ4v) is 2.02. The number of carbonyl (C=O) groups excluding carboxylic acids is 1. The molecule has 1 aromatic heterocycles. The molecule has 0 fully saturated rings. The van der Waals surface area contributed by atoms with E-state index >= 15 is 0 Å². The largest absolute Gasteiger partial charge is 0.465 e. The van der Waals surface area contributed by atoms with E-state index in [9.17, 15) is 4.79 Å². The predicted octanol–water partition coefficient (Wildman–Crippen LogP) is 3.79. The Balaban J connectivity index is 2.32. The Morgan fingerprint density at radius 1 is 1.40 bits per heavy atom. The molecule has 2 rings (SSSR count). The number of nitriles is 1. The maximum absolute atomic E-state index is 11.3. The maximum atomic E-state index is 11.3. The number of benzene rings is 1. The number of hydrogen-bond acceptors (Lipinski definition) is 4. The first-order chi connectivity index (χ1) is 9.63. The molecule has 0 spiro atoms. The van der Waals surface area contributed by atoms with Gasteiger partial charge in [0.25, 0.3) is 0 Å². The van der Waals surface area contributed by atoms with Crippen LogP contribution in [-0.2, 0) is 9.53 Å². The quantitative estimate of drug-likeness (QED) is 0.487. The molecule has 0 bridgehead atoms. The molecule has 0 amide bonds. The number of carbonyl (C=O) groups is 1. The lowest BCUT2D eigenvalue weighted by molar-refractivity contribution is -0.135. The molecular formula is C15H10BrNO3. The van der Waals surface area contributed by atoms with Crippen LogP contribution in [0.4, 0.5) is 0 Å². The van der Waals surface area contributed by atoms with Gasteiger partial charge in [0.05, 0.1) is 7.11 Å². The van der Waals surface area contributed by atoms with Gasteiger partial charge in [0.2, 0.25) is 0 Å². The number of halogens is 1. The molecule has 0 saturated carbocycles. The van der Waals surface area contributed by atoms with Crippen molar-refractivity contribution in [3.8, 4) is 17.4 Å². The molecule has 2 aromatic rings. The average molecular weight is 332 g/mol. The highest BCUT2D eigenvalue weighted by atomic mass is 79.9. The normalized spacial score (nSPS) is 10.9. The lowest BCUT2D eigenvalue weighted by atomic mass is 10.2. The summed E-state index contributed by atoms with van der Waals surface area (Å²) in [5, 5.41) is 8.88. The van der Waals surface area contributed by atoms with Gasteiger partial charge in [-0.05, 0) is 24.3 Å². The Kier molecular flexibility index (Phi) is 4.38. The standard InChI is InChI=1S/C15H10BrNO3/c1-19-15(18)11(9-17)8-13-5-6-14(20-13)10-3-2-4-12(16)7-10/h2-8H,1H3/b11-8+. The fourth-order valence-electron chi connectivity index (χ4n) is 1.62. The first-order valence-corrected chi connectivity index (χ1v) is 6.49. The highest BCUT2D eigenvalue weighted by molar-refractivity contribution is 9.10. The third-order valence-electron chi connectivity index (χ3n) is 2.55. The molecule has 4 nitrogen and oxygen atoms in total. The van der Waals surface area contributed by atoms with Crippen LogP contribution < -0.4 is 0 Å². The second-order valence-corrected chi connectivity index (χ2v) is 4.79. The number of ether oxygens (including phenoxy) is 1. The van der Waals surface area contributed by atoms with E-state index in [1.165, 1.54) is 13.2 Å². The van der Waals surface area contributed by atoms with Gasteiger partial charge in [-0.2, -0.15) is 5.26 Å². The molecule has 0 aliphatic rings. The maximum Gasteiger partial charge on any atom is 0.348 e. The molecule has 0 aliphatic carbocycles. The second kappa shape index (κ2) is 6.22. The number of furan rings is 1. The summed E-state index contributed by atoms with van der Waals surface area (Å²) in [5.74, 6) is 0.384. The summed E-state index contributed by atoms with van der Waals surface area (Å²) < 4.78 is 11.0. The topological polar surface area (TPSA) is 63.2 Å².